The largest absolute Gasteiger partial charge is 0.481 e. The lowest BCUT2D eigenvalue weighted by Gasteiger charge is -2.12. The van der Waals surface area contributed by atoms with Crippen molar-refractivity contribution in [2.75, 3.05) is 0 Å². The van der Waals surface area contributed by atoms with Crippen LogP contribution in [0, 0.1) is 0 Å². The zero-order chi connectivity index (χ0) is 11.1. The van der Waals surface area contributed by atoms with Gasteiger partial charge in [-0.25, -0.2) is 0 Å². The quantitative estimate of drug-likeness (QED) is 0.478. The summed E-state index contributed by atoms with van der Waals surface area (Å²) in [5, 5.41) is 10.6. The number of nitrogens with one attached hydrogen (secondary N) is 1. The Bertz CT molecular complexity index is 262. The van der Waals surface area contributed by atoms with Crippen LogP contribution in [0.5, 0.6) is 0 Å². The standard InChI is InChI=1S/C8H12N2O4/c1-2-6(11)10-5(8(9)14)3-4-7(12)13/h2,5H,1,3-4H2,(H2,9,14)(H,10,11)(H,12,13)/t5-/m0/s1. The molecule has 0 rings (SSSR count). The molecule has 0 aromatic carbocycles. The SMILES string of the molecule is C=CC(=O)N[C@@H](CCC(=O)O)C(N)=O. The average Bonchev–Trinajstić information content (AvgIpc) is 2.10. The molecule has 0 aliphatic carbocycles. The summed E-state index contributed by atoms with van der Waals surface area (Å²) in [4.78, 5) is 31.7. The minimum atomic E-state index is -1.05. The van der Waals surface area contributed by atoms with Gasteiger partial charge in [0.05, 0.1) is 0 Å². The van der Waals surface area contributed by atoms with Gasteiger partial charge in [0, 0.05) is 6.42 Å². The summed E-state index contributed by atoms with van der Waals surface area (Å²) in [5.74, 6) is -2.37. The Kier molecular flexibility index (Phi) is 4.98. The molecule has 0 fully saturated rings. The van der Waals surface area contributed by atoms with Crippen molar-refractivity contribution in [1.29, 1.82) is 0 Å². The minimum absolute atomic E-state index is 0.0236. The summed E-state index contributed by atoms with van der Waals surface area (Å²) >= 11 is 0. The van der Waals surface area contributed by atoms with Gasteiger partial charge in [-0.2, -0.15) is 0 Å². The highest BCUT2D eigenvalue weighted by atomic mass is 16.4. The molecule has 0 aliphatic heterocycles. The molecule has 1 atom stereocenters. The molecule has 4 N–H and O–H groups in total. The van der Waals surface area contributed by atoms with E-state index in [4.69, 9.17) is 10.8 Å². The molecule has 0 radical (unpaired) electrons. The highest BCUT2D eigenvalue weighted by Gasteiger charge is 2.17. The van der Waals surface area contributed by atoms with Crippen LogP contribution in [0.1, 0.15) is 12.8 Å². The highest BCUT2D eigenvalue weighted by molar-refractivity contribution is 5.92. The number of primary amides is 1. The lowest BCUT2D eigenvalue weighted by molar-refractivity contribution is -0.137. The van der Waals surface area contributed by atoms with Gasteiger partial charge in [0.25, 0.3) is 0 Å². The van der Waals surface area contributed by atoms with E-state index >= 15 is 0 Å². The maximum Gasteiger partial charge on any atom is 0.303 e. The summed E-state index contributed by atoms with van der Waals surface area (Å²) < 4.78 is 0. The van der Waals surface area contributed by atoms with E-state index in [0.29, 0.717) is 0 Å². The van der Waals surface area contributed by atoms with Crippen molar-refractivity contribution >= 4 is 17.8 Å². The first-order valence-electron chi connectivity index (χ1n) is 3.91. The third kappa shape index (κ3) is 4.91. The van der Waals surface area contributed by atoms with E-state index in [9.17, 15) is 14.4 Å². The van der Waals surface area contributed by atoms with Crippen LogP contribution in [0.3, 0.4) is 0 Å². The topological polar surface area (TPSA) is 109 Å². The fourth-order valence-electron chi connectivity index (χ4n) is 0.784. The Morgan fingerprint density at radius 1 is 1.50 bits per heavy atom. The molecule has 6 nitrogen and oxygen atoms in total. The van der Waals surface area contributed by atoms with Gasteiger partial charge < -0.3 is 16.2 Å². The first kappa shape index (κ1) is 12.2. The Morgan fingerprint density at radius 2 is 2.07 bits per heavy atom. The number of aliphatic carboxylic acids is 1. The van der Waals surface area contributed by atoms with Gasteiger partial charge >= 0.3 is 5.97 Å². The molecule has 0 aromatic heterocycles. The zero-order valence-electron chi connectivity index (χ0n) is 7.53. The second-order valence-corrected chi connectivity index (χ2v) is 2.60. The summed E-state index contributed by atoms with van der Waals surface area (Å²) in [5.41, 5.74) is 4.95. The Balaban J connectivity index is 4.15. The number of rotatable bonds is 6. The summed E-state index contributed by atoms with van der Waals surface area (Å²) in [7, 11) is 0. The average molecular weight is 200 g/mol. The molecule has 0 spiro atoms. The Morgan fingerprint density at radius 3 is 2.43 bits per heavy atom. The number of hydrogen-bond acceptors (Lipinski definition) is 3. The van der Waals surface area contributed by atoms with Crippen molar-refractivity contribution in [3.63, 3.8) is 0 Å². The second kappa shape index (κ2) is 5.74. The number of nitrogens with two attached hydrogens (primary N) is 1. The number of carboxylic acids is 1. The molecule has 78 valence electrons. The normalized spacial score (nSPS) is 11.4. The summed E-state index contributed by atoms with van der Waals surface area (Å²) in [6.45, 7) is 3.19. The summed E-state index contributed by atoms with van der Waals surface area (Å²) in [6, 6.07) is -0.961. The van der Waals surface area contributed by atoms with E-state index < -0.39 is 23.8 Å². The molecule has 0 heterocycles. The van der Waals surface area contributed by atoms with Crippen molar-refractivity contribution in [3.8, 4) is 0 Å². The maximum absolute atomic E-state index is 10.8. The Hall–Kier alpha value is -1.85. The molecule has 0 aliphatic rings. The monoisotopic (exact) mass is 200 g/mol. The van der Waals surface area contributed by atoms with E-state index in [-0.39, 0.29) is 12.8 Å². The van der Waals surface area contributed by atoms with Gasteiger partial charge in [-0.1, -0.05) is 6.58 Å². The zero-order valence-corrected chi connectivity index (χ0v) is 7.53. The van der Waals surface area contributed by atoms with Crippen molar-refractivity contribution in [2.45, 2.75) is 18.9 Å². The van der Waals surface area contributed by atoms with Gasteiger partial charge in [-0.05, 0) is 12.5 Å². The predicted molar refractivity (Wildman–Crippen MR) is 48.2 cm³/mol. The van der Waals surface area contributed by atoms with Crippen LogP contribution < -0.4 is 11.1 Å². The summed E-state index contributed by atoms with van der Waals surface area (Å²) in [6.07, 6.45) is 0.728. The predicted octanol–water partition coefficient (Wildman–Crippen LogP) is -0.993. The second-order valence-electron chi connectivity index (χ2n) is 2.60. The molecular formula is C8H12N2O4. The smallest absolute Gasteiger partial charge is 0.303 e. The number of carbonyl (C=O) groups is 3. The number of amides is 2. The number of hydrogen-bond donors (Lipinski definition) is 3. The molecule has 14 heavy (non-hydrogen) atoms. The van der Waals surface area contributed by atoms with Crippen molar-refractivity contribution in [1.82, 2.24) is 5.32 Å². The van der Waals surface area contributed by atoms with E-state index in [2.05, 4.69) is 11.9 Å². The van der Waals surface area contributed by atoms with Crippen LogP contribution in [0.2, 0.25) is 0 Å². The van der Waals surface area contributed by atoms with Gasteiger partial charge in [0.15, 0.2) is 0 Å². The van der Waals surface area contributed by atoms with Crippen LogP contribution >= 0.6 is 0 Å². The molecule has 6 heteroatoms. The van der Waals surface area contributed by atoms with Gasteiger partial charge in [-0.15, -0.1) is 0 Å². The molecule has 2 amide bonds. The van der Waals surface area contributed by atoms with E-state index in [1.165, 1.54) is 0 Å². The Labute approximate surface area is 80.8 Å². The molecule has 0 saturated heterocycles. The van der Waals surface area contributed by atoms with Gasteiger partial charge in [0.2, 0.25) is 11.8 Å². The fraction of sp³-hybridized carbons (Fsp3) is 0.375. The lowest BCUT2D eigenvalue weighted by atomic mass is 10.1. The highest BCUT2D eigenvalue weighted by Crippen LogP contribution is 1.96. The molecule has 0 unspecified atom stereocenters. The van der Waals surface area contributed by atoms with Gasteiger partial charge in [0.1, 0.15) is 6.04 Å². The minimum Gasteiger partial charge on any atom is -0.481 e. The van der Waals surface area contributed by atoms with Crippen LogP contribution in [0.15, 0.2) is 12.7 Å². The third-order valence-electron chi connectivity index (χ3n) is 1.49. The van der Waals surface area contributed by atoms with Crippen LogP contribution in [-0.2, 0) is 14.4 Å². The van der Waals surface area contributed by atoms with Gasteiger partial charge in [-0.3, -0.25) is 14.4 Å². The van der Waals surface area contributed by atoms with E-state index in [1.807, 2.05) is 0 Å². The van der Waals surface area contributed by atoms with E-state index in [0.717, 1.165) is 6.08 Å². The molecule has 0 saturated carbocycles. The third-order valence-corrected chi connectivity index (χ3v) is 1.49. The molecular weight excluding hydrogens is 188 g/mol. The number of carboxylic acid groups (broad SMARTS) is 1. The molecule has 0 bridgehead atoms. The first-order chi connectivity index (χ1) is 6.47. The van der Waals surface area contributed by atoms with Crippen LogP contribution in [-0.4, -0.2) is 28.9 Å². The number of carbonyl (C=O) groups excluding carboxylic acids is 2. The van der Waals surface area contributed by atoms with Crippen molar-refractivity contribution < 1.29 is 19.5 Å². The van der Waals surface area contributed by atoms with Crippen LogP contribution in [0.4, 0.5) is 0 Å². The van der Waals surface area contributed by atoms with Crippen LogP contribution in [0.25, 0.3) is 0 Å². The fourth-order valence-corrected chi connectivity index (χ4v) is 0.784. The maximum atomic E-state index is 10.8. The van der Waals surface area contributed by atoms with E-state index in [1.54, 1.807) is 0 Å². The van der Waals surface area contributed by atoms with Crippen molar-refractivity contribution in [2.24, 2.45) is 5.73 Å². The first-order valence-corrected chi connectivity index (χ1v) is 3.91. The lowest BCUT2D eigenvalue weighted by Crippen LogP contribution is -2.44. The molecule has 0 aromatic rings. The van der Waals surface area contributed by atoms with Crippen molar-refractivity contribution in [3.05, 3.63) is 12.7 Å².